The molecule has 10 heteroatoms. The third-order valence-corrected chi connectivity index (χ3v) is 4.65. The second-order valence-electron chi connectivity index (χ2n) is 5.31. The van der Waals surface area contributed by atoms with Crippen LogP contribution in [-0.2, 0) is 11.0 Å². The summed E-state index contributed by atoms with van der Waals surface area (Å²) in [5.74, 6) is -0.537. The van der Waals surface area contributed by atoms with E-state index in [2.05, 4.69) is 22.7 Å². The number of nitrogens with one attached hydrogen (secondary N) is 3. The Hall–Kier alpha value is -2.09. The standard InChI is InChI=1S/C17H13Cl3F3N3O/c1-9(12-5-6-13(18)16(20)15(12)19)25-26-14(27)8-24-11-4-2-3-10(7-11)17(21,22)23/h2-7,24-25H,1,8H2,(H,26,27). The Morgan fingerprint density at radius 2 is 1.74 bits per heavy atom. The second-order valence-corrected chi connectivity index (χ2v) is 6.47. The lowest BCUT2D eigenvalue weighted by Crippen LogP contribution is -2.39. The van der Waals surface area contributed by atoms with Crippen molar-refractivity contribution in [2.24, 2.45) is 0 Å². The van der Waals surface area contributed by atoms with Gasteiger partial charge in [-0.25, -0.2) is 0 Å². The Labute approximate surface area is 168 Å². The lowest BCUT2D eigenvalue weighted by atomic mass is 10.2. The molecule has 0 radical (unpaired) electrons. The van der Waals surface area contributed by atoms with Crippen LogP contribution in [0.3, 0.4) is 0 Å². The van der Waals surface area contributed by atoms with E-state index in [4.69, 9.17) is 34.8 Å². The number of carbonyl (C=O) groups excluding carboxylic acids is 1. The van der Waals surface area contributed by atoms with Gasteiger partial charge in [0, 0.05) is 11.3 Å². The van der Waals surface area contributed by atoms with Crippen LogP contribution in [0.1, 0.15) is 11.1 Å². The molecule has 0 spiro atoms. The molecule has 0 aliphatic heterocycles. The molecule has 0 fully saturated rings. The topological polar surface area (TPSA) is 53.2 Å². The van der Waals surface area contributed by atoms with Crippen LogP contribution < -0.4 is 16.2 Å². The van der Waals surface area contributed by atoms with Crippen molar-refractivity contribution in [1.29, 1.82) is 0 Å². The predicted octanol–water partition coefficient (Wildman–Crippen LogP) is 5.37. The van der Waals surface area contributed by atoms with Crippen molar-refractivity contribution in [2.45, 2.75) is 6.18 Å². The lowest BCUT2D eigenvalue weighted by Gasteiger charge is -2.14. The van der Waals surface area contributed by atoms with Crippen molar-refractivity contribution in [2.75, 3.05) is 11.9 Å². The third-order valence-electron chi connectivity index (χ3n) is 3.36. The van der Waals surface area contributed by atoms with E-state index in [0.717, 1.165) is 12.1 Å². The highest BCUT2D eigenvalue weighted by atomic mass is 35.5. The minimum absolute atomic E-state index is 0.149. The molecule has 0 heterocycles. The molecule has 144 valence electrons. The van der Waals surface area contributed by atoms with E-state index < -0.39 is 17.6 Å². The van der Waals surface area contributed by atoms with Gasteiger partial charge in [-0.15, -0.1) is 0 Å². The highest BCUT2D eigenvalue weighted by Crippen LogP contribution is 2.34. The largest absolute Gasteiger partial charge is 0.416 e. The highest BCUT2D eigenvalue weighted by Gasteiger charge is 2.30. The van der Waals surface area contributed by atoms with Crippen LogP contribution in [0.2, 0.25) is 15.1 Å². The number of anilines is 1. The van der Waals surface area contributed by atoms with Gasteiger partial charge in [0.1, 0.15) is 0 Å². The Kier molecular flexibility index (Phi) is 6.86. The van der Waals surface area contributed by atoms with Gasteiger partial charge in [-0.2, -0.15) is 13.2 Å². The minimum atomic E-state index is -4.46. The third kappa shape index (κ3) is 5.69. The van der Waals surface area contributed by atoms with Crippen LogP contribution >= 0.6 is 34.8 Å². The molecule has 0 unspecified atom stereocenters. The minimum Gasteiger partial charge on any atom is -0.376 e. The first-order chi connectivity index (χ1) is 12.6. The van der Waals surface area contributed by atoms with E-state index in [1.165, 1.54) is 18.2 Å². The maximum atomic E-state index is 12.7. The molecule has 4 nitrogen and oxygen atoms in total. The number of hydrogen-bond acceptors (Lipinski definition) is 3. The molecule has 2 rings (SSSR count). The summed E-state index contributed by atoms with van der Waals surface area (Å²) in [6, 6.07) is 7.61. The van der Waals surface area contributed by atoms with Gasteiger partial charge < -0.3 is 5.32 Å². The first kappa shape index (κ1) is 21.2. The summed E-state index contributed by atoms with van der Waals surface area (Å²) in [6.07, 6.45) is -4.46. The molecule has 0 saturated heterocycles. The molecule has 1 amide bonds. The number of hydrogen-bond donors (Lipinski definition) is 3. The van der Waals surface area contributed by atoms with Gasteiger partial charge in [0.25, 0.3) is 5.91 Å². The van der Waals surface area contributed by atoms with Gasteiger partial charge >= 0.3 is 6.18 Å². The first-order valence-corrected chi connectivity index (χ1v) is 8.51. The molecule has 2 aromatic carbocycles. The van der Waals surface area contributed by atoms with Crippen molar-refractivity contribution < 1.29 is 18.0 Å². The molecule has 27 heavy (non-hydrogen) atoms. The van der Waals surface area contributed by atoms with Gasteiger partial charge in [-0.05, 0) is 30.3 Å². The molecular weight excluding hydrogens is 426 g/mol. The number of benzene rings is 2. The number of carbonyl (C=O) groups is 1. The summed E-state index contributed by atoms with van der Waals surface area (Å²) < 4.78 is 38.0. The van der Waals surface area contributed by atoms with Crippen LogP contribution in [0, 0.1) is 0 Å². The number of hydrazine groups is 1. The fourth-order valence-electron chi connectivity index (χ4n) is 2.00. The summed E-state index contributed by atoms with van der Waals surface area (Å²) in [7, 11) is 0. The molecular formula is C17H13Cl3F3N3O. The zero-order chi connectivity index (χ0) is 20.2. The summed E-state index contributed by atoms with van der Waals surface area (Å²) in [6.45, 7) is 3.46. The molecule has 0 bridgehead atoms. The Morgan fingerprint density at radius 1 is 1.04 bits per heavy atom. The van der Waals surface area contributed by atoms with E-state index in [-0.39, 0.29) is 33.0 Å². The highest BCUT2D eigenvalue weighted by molar-refractivity contribution is 6.48. The SMILES string of the molecule is C=C(NNC(=O)CNc1cccc(C(F)(F)F)c1)c1ccc(Cl)c(Cl)c1Cl. The van der Waals surface area contributed by atoms with Gasteiger partial charge in [0.05, 0.1) is 32.9 Å². The summed E-state index contributed by atoms with van der Waals surface area (Å²) in [5.41, 5.74) is 4.94. The molecule has 0 saturated carbocycles. The van der Waals surface area contributed by atoms with Crippen LogP contribution in [-0.4, -0.2) is 12.5 Å². The van der Waals surface area contributed by atoms with Crippen molar-refractivity contribution in [3.8, 4) is 0 Å². The van der Waals surface area contributed by atoms with Gasteiger partial charge in [-0.1, -0.05) is 47.4 Å². The Balaban J connectivity index is 1.90. The van der Waals surface area contributed by atoms with E-state index in [0.29, 0.717) is 5.56 Å². The zero-order valence-corrected chi connectivity index (χ0v) is 15.8. The van der Waals surface area contributed by atoms with Crippen LogP contribution in [0.4, 0.5) is 18.9 Å². The average Bonchev–Trinajstić information content (AvgIpc) is 2.62. The maximum Gasteiger partial charge on any atom is 0.416 e. The van der Waals surface area contributed by atoms with Gasteiger partial charge in [0.2, 0.25) is 0 Å². The van der Waals surface area contributed by atoms with Crippen molar-refractivity contribution >= 4 is 52.1 Å². The van der Waals surface area contributed by atoms with Gasteiger partial charge in [0.15, 0.2) is 0 Å². The summed E-state index contributed by atoms with van der Waals surface area (Å²) >= 11 is 17.9. The number of alkyl halides is 3. The van der Waals surface area contributed by atoms with E-state index in [1.807, 2.05) is 0 Å². The van der Waals surface area contributed by atoms with Crippen molar-refractivity contribution in [3.63, 3.8) is 0 Å². The number of amides is 1. The fourth-order valence-corrected chi connectivity index (χ4v) is 2.65. The molecule has 3 N–H and O–H groups in total. The summed E-state index contributed by atoms with van der Waals surface area (Å²) in [5, 5.41) is 3.19. The molecule has 0 atom stereocenters. The van der Waals surface area contributed by atoms with E-state index >= 15 is 0 Å². The predicted molar refractivity (Wildman–Crippen MR) is 102 cm³/mol. The molecule has 0 aliphatic carbocycles. The fraction of sp³-hybridized carbons (Fsp3) is 0.118. The van der Waals surface area contributed by atoms with Crippen LogP contribution in [0.5, 0.6) is 0 Å². The number of rotatable bonds is 6. The first-order valence-electron chi connectivity index (χ1n) is 7.38. The zero-order valence-electron chi connectivity index (χ0n) is 13.6. The Morgan fingerprint density at radius 3 is 2.41 bits per heavy atom. The quantitative estimate of drug-likeness (QED) is 0.420. The van der Waals surface area contributed by atoms with Crippen LogP contribution in [0.25, 0.3) is 5.70 Å². The smallest absolute Gasteiger partial charge is 0.376 e. The van der Waals surface area contributed by atoms with Crippen molar-refractivity contribution in [3.05, 3.63) is 69.2 Å². The Bertz CT molecular complexity index is 872. The normalized spacial score (nSPS) is 11.0. The lowest BCUT2D eigenvalue weighted by molar-refractivity contribution is -0.137. The van der Waals surface area contributed by atoms with Crippen LogP contribution in [0.15, 0.2) is 43.0 Å². The monoisotopic (exact) mass is 437 g/mol. The van der Waals surface area contributed by atoms with Gasteiger partial charge in [-0.3, -0.25) is 15.6 Å². The average molecular weight is 439 g/mol. The molecule has 2 aromatic rings. The van der Waals surface area contributed by atoms with E-state index in [1.54, 1.807) is 6.07 Å². The second kappa shape index (κ2) is 8.73. The van der Waals surface area contributed by atoms with E-state index in [9.17, 15) is 18.0 Å². The summed E-state index contributed by atoms with van der Waals surface area (Å²) in [4.78, 5) is 11.9. The maximum absolute atomic E-state index is 12.7. The number of halogens is 6. The molecule has 0 aromatic heterocycles. The molecule has 0 aliphatic rings. The van der Waals surface area contributed by atoms with Crippen molar-refractivity contribution in [1.82, 2.24) is 10.9 Å².